The van der Waals surface area contributed by atoms with Crippen LogP contribution in [-0.2, 0) is 6.54 Å². The summed E-state index contributed by atoms with van der Waals surface area (Å²) in [6.45, 7) is 7.64. The molecule has 4 rings (SSSR count). The topological polar surface area (TPSA) is 41.0 Å². The first-order chi connectivity index (χ1) is 11.7. The molecule has 1 aliphatic carbocycles. The number of nitrogens with one attached hydrogen (secondary N) is 1. The van der Waals surface area contributed by atoms with E-state index >= 15 is 0 Å². The van der Waals surface area contributed by atoms with Crippen LogP contribution >= 0.6 is 0 Å². The lowest BCUT2D eigenvalue weighted by Crippen LogP contribution is -2.26. The summed E-state index contributed by atoms with van der Waals surface area (Å²) in [6.07, 6.45) is 5.56. The maximum Gasteiger partial charge on any atom is 0.133 e. The molecule has 2 fully saturated rings. The Balaban J connectivity index is 1.35. The van der Waals surface area contributed by atoms with Crippen molar-refractivity contribution in [2.45, 2.75) is 51.6 Å². The summed E-state index contributed by atoms with van der Waals surface area (Å²) < 4.78 is 0. The average molecular weight is 322 g/mol. The minimum Gasteiger partial charge on any atom is -0.366 e. The summed E-state index contributed by atoms with van der Waals surface area (Å²) in [7, 11) is 0. The van der Waals surface area contributed by atoms with Gasteiger partial charge in [-0.3, -0.25) is 4.90 Å². The molecule has 4 heteroatoms. The van der Waals surface area contributed by atoms with Crippen LogP contribution < -0.4 is 5.32 Å². The number of hydrogen-bond acceptors (Lipinski definition) is 4. The average Bonchev–Trinajstić information content (AvgIpc) is 3.33. The second kappa shape index (κ2) is 6.52. The first kappa shape index (κ1) is 15.6. The van der Waals surface area contributed by atoms with E-state index in [4.69, 9.17) is 4.98 Å². The van der Waals surface area contributed by atoms with Gasteiger partial charge in [0.25, 0.3) is 0 Å². The van der Waals surface area contributed by atoms with Crippen LogP contribution in [-0.4, -0.2) is 34.0 Å². The molecular formula is C20H26N4. The Morgan fingerprint density at radius 1 is 1.17 bits per heavy atom. The molecule has 0 bridgehead atoms. The summed E-state index contributed by atoms with van der Waals surface area (Å²) in [5.41, 5.74) is 4.18. The van der Waals surface area contributed by atoms with E-state index in [1.54, 1.807) is 0 Å². The molecule has 2 heterocycles. The molecular weight excluding hydrogens is 296 g/mol. The van der Waals surface area contributed by atoms with Gasteiger partial charge in [0.15, 0.2) is 0 Å². The van der Waals surface area contributed by atoms with Gasteiger partial charge in [0.05, 0.1) is 0 Å². The normalized spacial score (nSPS) is 21.2. The zero-order chi connectivity index (χ0) is 16.5. The smallest absolute Gasteiger partial charge is 0.133 e. The van der Waals surface area contributed by atoms with Crippen molar-refractivity contribution < 1.29 is 0 Å². The Kier molecular flexibility index (Phi) is 4.23. The summed E-state index contributed by atoms with van der Waals surface area (Å²) in [5.74, 6) is 2.62. The molecule has 0 radical (unpaired) electrons. The van der Waals surface area contributed by atoms with Gasteiger partial charge in [0.1, 0.15) is 11.6 Å². The molecule has 4 nitrogen and oxygen atoms in total. The van der Waals surface area contributed by atoms with Crippen molar-refractivity contribution in [3.8, 4) is 0 Å². The Bertz CT molecular complexity index is 723. The Morgan fingerprint density at radius 2 is 2.04 bits per heavy atom. The maximum atomic E-state index is 4.69. The lowest BCUT2D eigenvalue weighted by molar-refractivity contribution is 0.328. The lowest BCUT2D eigenvalue weighted by atomic mass is 10.1. The third-order valence-electron chi connectivity index (χ3n) is 5.13. The van der Waals surface area contributed by atoms with Gasteiger partial charge in [-0.05, 0) is 50.3 Å². The van der Waals surface area contributed by atoms with Crippen LogP contribution in [0.25, 0.3) is 0 Å². The number of aromatic nitrogens is 2. The fourth-order valence-corrected chi connectivity index (χ4v) is 3.56. The molecule has 1 unspecified atom stereocenters. The Hall–Kier alpha value is -1.94. The largest absolute Gasteiger partial charge is 0.366 e. The highest BCUT2D eigenvalue weighted by Gasteiger charge is 2.27. The second-order valence-electron chi connectivity index (χ2n) is 7.37. The molecule has 2 aromatic rings. The van der Waals surface area contributed by atoms with Crippen molar-refractivity contribution in [3.63, 3.8) is 0 Å². The van der Waals surface area contributed by atoms with Crippen molar-refractivity contribution in [2.24, 2.45) is 0 Å². The highest BCUT2D eigenvalue weighted by atomic mass is 15.2. The number of anilines is 1. The maximum absolute atomic E-state index is 4.69. The van der Waals surface area contributed by atoms with Gasteiger partial charge >= 0.3 is 0 Å². The molecule has 1 aromatic heterocycles. The number of aryl methyl sites for hydroxylation is 2. The molecule has 1 saturated carbocycles. The van der Waals surface area contributed by atoms with E-state index in [9.17, 15) is 0 Å². The highest BCUT2D eigenvalue weighted by Crippen LogP contribution is 2.38. The third-order valence-corrected chi connectivity index (χ3v) is 5.13. The van der Waals surface area contributed by atoms with E-state index in [2.05, 4.69) is 47.2 Å². The summed E-state index contributed by atoms with van der Waals surface area (Å²) in [6, 6.07) is 9.25. The van der Waals surface area contributed by atoms with Crippen molar-refractivity contribution in [3.05, 3.63) is 53.0 Å². The molecule has 1 aliphatic heterocycles. The van der Waals surface area contributed by atoms with Crippen LogP contribution in [0.2, 0.25) is 0 Å². The molecule has 0 spiro atoms. The fourth-order valence-electron chi connectivity index (χ4n) is 3.56. The van der Waals surface area contributed by atoms with Gasteiger partial charge in [-0.25, -0.2) is 9.97 Å². The van der Waals surface area contributed by atoms with Crippen LogP contribution in [0.15, 0.2) is 30.5 Å². The molecule has 24 heavy (non-hydrogen) atoms. The van der Waals surface area contributed by atoms with Gasteiger partial charge in [0.2, 0.25) is 0 Å². The minimum atomic E-state index is 0.484. The van der Waals surface area contributed by atoms with Gasteiger partial charge < -0.3 is 5.32 Å². The predicted octanol–water partition coefficient (Wildman–Crippen LogP) is 3.66. The van der Waals surface area contributed by atoms with E-state index in [1.165, 1.54) is 36.0 Å². The van der Waals surface area contributed by atoms with Crippen molar-refractivity contribution in [2.75, 3.05) is 18.4 Å². The molecule has 1 N–H and O–H groups in total. The molecule has 1 atom stereocenters. The number of hydrogen-bond donors (Lipinski definition) is 1. The zero-order valence-corrected chi connectivity index (χ0v) is 14.6. The van der Waals surface area contributed by atoms with E-state index in [0.29, 0.717) is 12.0 Å². The standard InChI is InChI=1S/C20H26N4/c1-14-3-4-17(15(2)11-14)12-24-10-8-18(13-24)22-19-7-9-21-20(23-19)16-5-6-16/h3-4,7,9,11,16,18H,5-6,8,10,12-13H2,1-2H3,(H,21,22,23). The minimum absolute atomic E-state index is 0.484. The van der Waals surface area contributed by atoms with Crippen molar-refractivity contribution >= 4 is 5.82 Å². The van der Waals surface area contributed by atoms with Crippen molar-refractivity contribution in [1.82, 2.24) is 14.9 Å². The van der Waals surface area contributed by atoms with Crippen LogP contribution in [0.3, 0.4) is 0 Å². The second-order valence-corrected chi connectivity index (χ2v) is 7.37. The van der Waals surface area contributed by atoms with Crippen LogP contribution in [0.5, 0.6) is 0 Å². The van der Waals surface area contributed by atoms with Gasteiger partial charge in [-0.2, -0.15) is 0 Å². The number of benzene rings is 1. The number of nitrogens with zero attached hydrogens (tertiary/aromatic N) is 3. The summed E-state index contributed by atoms with van der Waals surface area (Å²) in [5, 5.41) is 3.61. The predicted molar refractivity (Wildman–Crippen MR) is 97.2 cm³/mol. The number of likely N-dealkylation sites (tertiary alicyclic amines) is 1. The molecule has 0 amide bonds. The zero-order valence-electron chi connectivity index (χ0n) is 14.6. The van der Waals surface area contributed by atoms with Crippen LogP contribution in [0.1, 0.15) is 47.7 Å². The Labute approximate surface area is 144 Å². The molecule has 2 aliphatic rings. The summed E-state index contributed by atoms with van der Waals surface area (Å²) in [4.78, 5) is 11.6. The fraction of sp³-hybridized carbons (Fsp3) is 0.500. The van der Waals surface area contributed by atoms with E-state index < -0.39 is 0 Å². The van der Waals surface area contributed by atoms with Gasteiger partial charge in [0, 0.05) is 37.8 Å². The first-order valence-electron chi connectivity index (χ1n) is 9.05. The first-order valence-corrected chi connectivity index (χ1v) is 9.05. The molecule has 126 valence electrons. The molecule has 1 saturated heterocycles. The van der Waals surface area contributed by atoms with Crippen LogP contribution in [0, 0.1) is 13.8 Å². The molecule has 1 aromatic carbocycles. The highest BCUT2D eigenvalue weighted by molar-refractivity contribution is 5.36. The quantitative estimate of drug-likeness (QED) is 0.912. The third kappa shape index (κ3) is 3.59. The van der Waals surface area contributed by atoms with E-state index in [-0.39, 0.29) is 0 Å². The monoisotopic (exact) mass is 322 g/mol. The van der Waals surface area contributed by atoms with E-state index in [1.807, 2.05) is 12.3 Å². The van der Waals surface area contributed by atoms with Gasteiger partial charge in [-0.1, -0.05) is 23.8 Å². The van der Waals surface area contributed by atoms with Crippen LogP contribution in [0.4, 0.5) is 5.82 Å². The van der Waals surface area contributed by atoms with E-state index in [0.717, 1.165) is 31.3 Å². The lowest BCUT2D eigenvalue weighted by Gasteiger charge is -2.18. The SMILES string of the molecule is Cc1ccc(CN2CCC(Nc3ccnc(C4CC4)n3)C2)c(C)c1. The Morgan fingerprint density at radius 3 is 2.83 bits per heavy atom. The van der Waals surface area contributed by atoms with Gasteiger partial charge in [-0.15, -0.1) is 0 Å². The summed E-state index contributed by atoms with van der Waals surface area (Å²) >= 11 is 0. The number of rotatable bonds is 5. The van der Waals surface area contributed by atoms with Crippen molar-refractivity contribution in [1.29, 1.82) is 0 Å².